The molecule has 134 valence electrons. The summed E-state index contributed by atoms with van der Waals surface area (Å²) in [7, 11) is -2.63. The van der Waals surface area contributed by atoms with Gasteiger partial charge in [0.2, 0.25) is 10.0 Å². The van der Waals surface area contributed by atoms with Crippen LogP contribution in [-0.2, 0) is 14.8 Å². The first kappa shape index (κ1) is 19.5. The molecule has 0 radical (unpaired) electrons. The van der Waals surface area contributed by atoms with Gasteiger partial charge in [-0.1, -0.05) is 23.2 Å². The summed E-state index contributed by atoms with van der Waals surface area (Å²) in [6, 6.07) is 10.5. The Kier molecular flexibility index (Phi) is 6.66. The second-order valence-corrected chi connectivity index (χ2v) is 7.44. The number of nitrogens with one attached hydrogen (secondary N) is 1. The van der Waals surface area contributed by atoms with Crippen LogP contribution < -0.4 is 9.46 Å². The van der Waals surface area contributed by atoms with E-state index >= 15 is 0 Å². The van der Waals surface area contributed by atoms with Crippen LogP contribution in [0.3, 0.4) is 0 Å². The molecule has 0 unspecified atom stereocenters. The van der Waals surface area contributed by atoms with Crippen molar-refractivity contribution in [2.75, 3.05) is 20.3 Å². The van der Waals surface area contributed by atoms with E-state index in [2.05, 4.69) is 9.46 Å². The molecule has 0 saturated heterocycles. The highest BCUT2D eigenvalue weighted by molar-refractivity contribution is 7.89. The first-order valence-corrected chi connectivity index (χ1v) is 9.33. The molecule has 25 heavy (non-hydrogen) atoms. The van der Waals surface area contributed by atoms with Crippen molar-refractivity contribution in [3.05, 3.63) is 58.1 Å². The van der Waals surface area contributed by atoms with Crippen molar-refractivity contribution in [1.29, 1.82) is 0 Å². The fourth-order valence-electron chi connectivity index (χ4n) is 1.90. The Labute approximate surface area is 155 Å². The highest BCUT2D eigenvalue weighted by Crippen LogP contribution is 2.21. The number of carbonyl (C=O) groups is 1. The molecule has 0 spiro atoms. The predicted octanol–water partition coefficient (Wildman–Crippen LogP) is 3.14. The molecule has 0 heterocycles. The van der Waals surface area contributed by atoms with Gasteiger partial charge in [-0.15, -0.1) is 0 Å². The highest BCUT2D eigenvalue weighted by Gasteiger charge is 2.18. The molecule has 0 aliphatic heterocycles. The molecule has 6 nitrogen and oxygen atoms in total. The van der Waals surface area contributed by atoms with E-state index in [9.17, 15) is 13.2 Å². The molecule has 2 aromatic carbocycles. The summed E-state index contributed by atoms with van der Waals surface area (Å²) < 4.78 is 36.9. The molecule has 0 amide bonds. The number of carbonyl (C=O) groups excluding carboxylic acids is 1. The monoisotopic (exact) mass is 403 g/mol. The minimum absolute atomic E-state index is 0.0237. The van der Waals surface area contributed by atoms with Crippen LogP contribution in [0.15, 0.2) is 47.4 Å². The summed E-state index contributed by atoms with van der Waals surface area (Å²) in [5.41, 5.74) is -0.0237. The number of benzene rings is 2. The van der Waals surface area contributed by atoms with Gasteiger partial charge in [-0.2, -0.15) is 0 Å². The number of hydrogen-bond donors (Lipinski definition) is 1. The molecule has 1 N–H and O–H groups in total. The van der Waals surface area contributed by atoms with E-state index in [-0.39, 0.29) is 28.6 Å². The van der Waals surface area contributed by atoms with Crippen LogP contribution in [0.4, 0.5) is 0 Å². The zero-order chi connectivity index (χ0) is 18.4. The van der Waals surface area contributed by atoms with Gasteiger partial charge in [-0.3, -0.25) is 0 Å². The molecule has 0 aliphatic rings. The summed E-state index contributed by atoms with van der Waals surface area (Å²) in [4.78, 5) is 11.5. The number of halogens is 2. The van der Waals surface area contributed by atoms with Crippen molar-refractivity contribution in [3.63, 3.8) is 0 Å². The van der Waals surface area contributed by atoms with Crippen molar-refractivity contribution in [1.82, 2.24) is 4.72 Å². The van der Waals surface area contributed by atoms with Crippen molar-refractivity contribution in [3.8, 4) is 5.75 Å². The van der Waals surface area contributed by atoms with Crippen LogP contribution in [0.1, 0.15) is 10.4 Å². The lowest BCUT2D eigenvalue weighted by Crippen LogP contribution is -2.28. The lowest BCUT2D eigenvalue weighted by atomic mass is 10.2. The number of methoxy groups -OCH3 is 1. The van der Waals surface area contributed by atoms with Gasteiger partial charge in [0, 0.05) is 11.6 Å². The fraction of sp³-hybridized carbons (Fsp3) is 0.188. The van der Waals surface area contributed by atoms with E-state index in [1.165, 1.54) is 19.2 Å². The van der Waals surface area contributed by atoms with Crippen LogP contribution in [0, 0.1) is 0 Å². The van der Waals surface area contributed by atoms with Crippen LogP contribution >= 0.6 is 23.2 Å². The van der Waals surface area contributed by atoms with Gasteiger partial charge in [-0.25, -0.2) is 17.9 Å². The van der Waals surface area contributed by atoms with Gasteiger partial charge in [0.25, 0.3) is 0 Å². The Morgan fingerprint density at radius 3 is 2.44 bits per heavy atom. The third-order valence-electron chi connectivity index (χ3n) is 3.13. The Balaban J connectivity index is 1.99. The van der Waals surface area contributed by atoms with E-state index in [4.69, 9.17) is 27.9 Å². The van der Waals surface area contributed by atoms with Crippen LogP contribution in [0.2, 0.25) is 10.0 Å². The van der Waals surface area contributed by atoms with Gasteiger partial charge in [0.05, 0.1) is 22.6 Å². The standard InChI is InChI=1S/C16H15Cl2NO5S/c1-23-16(20)14-10-13(6-7-15(14)18)25(21,22)19-8-9-24-12-4-2-11(17)3-5-12/h2-7,10,19H,8-9H2,1H3. The minimum atomic E-state index is -3.82. The van der Waals surface area contributed by atoms with Gasteiger partial charge < -0.3 is 9.47 Å². The largest absolute Gasteiger partial charge is 0.492 e. The van der Waals surface area contributed by atoms with Crippen molar-refractivity contribution in [2.45, 2.75) is 4.90 Å². The fourth-order valence-corrected chi connectivity index (χ4v) is 3.26. The number of esters is 1. The smallest absolute Gasteiger partial charge is 0.339 e. The number of ether oxygens (including phenoxy) is 2. The Morgan fingerprint density at radius 1 is 1.12 bits per heavy atom. The van der Waals surface area contributed by atoms with Gasteiger partial charge in [0.15, 0.2) is 0 Å². The van der Waals surface area contributed by atoms with E-state index in [1.54, 1.807) is 24.3 Å². The Hall–Kier alpha value is -1.80. The van der Waals surface area contributed by atoms with E-state index in [0.717, 1.165) is 6.07 Å². The molecule has 0 bridgehead atoms. The quantitative estimate of drug-likeness (QED) is 0.567. The number of rotatable bonds is 7. The van der Waals surface area contributed by atoms with Crippen LogP contribution in [0.5, 0.6) is 5.75 Å². The topological polar surface area (TPSA) is 81.7 Å². The molecule has 9 heteroatoms. The molecule has 0 saturated carbocycles. The molecule has 0 fully saturated rings. The zero-order valence-electron chi connectivity index (χ0n) is 13.2. The summed E-state index contributed by atoms with van der Waals surface area (Å²) in [5.74, 6) is -0.142. The molecular weight excluding hydrogens is 389 g/mol. The van der Waals surface area contributed by atoms with Crippen molar-refractivity contribution < 1.29 is 22.7 Å². The van der Waals surface area contributed by atoms with Gasteiger partial charge in [0.1, 0.15) is 12.4 Å². The second kappa shape index (κ2) is 8.53. The number of sulfonamides is 1. The maximum Gasteiger partial charge on any atom is 0.339 e. The maximum absolute atomic E-state index is 12.3. The molecule has 0 atom stereocenters. The Morgan fingerprint density at radius 2 is 1.80 bits per heavy atom. The lowest BCUT2D eigenvalue weighted by Gasteiger charge is -2.10. The first-order valence-electron chi connectivity index (χ1n) is 7.09. The summed E-state index contributed by atoms with van der Waals surface area (Å²) >= 11 is 11.6. The molecule has 2 aromatic rings. The molecular formula is C16H15Cl2NO5S. The summed E-state index contributed by atoms with van der Waals surface area (Å²) in [6.07, 6.45) is 0. The average Bonchev–Trinajstić information content (AvgIpc) is 2.60. The van der Waals surface area contributed by atoms with E-state index < -0.39 is 16.0 Å². The predicted molar refractivity (Wildman–Crippen MR) is 94.9 cm³/mol. The summed E-state index contributed by atoms with van der Waals surface area (Å²) in [5, 5.41) is 0.689. The van der Waals surface area contributed by atoms with Gasteiger partial charge >= 0.3 is 5.97 Å². The molecule has 0 aliphatic carbocycles. The van der Waals surface area contributed by atoms with Gasteiger partial charge in [-0.05, 0) is 42.5 Å². The summed E-state index contributed by atoms with van der Waals surface area (Å²) in [6.45, 7) is 0.166. The Bertz CT molecular complexity index is 853. The molecule has 0 aromatic heterocycles. The third kappa shape index (κ3) is 5.34. The van der Waals surface area contributed by atoms with Crippen LogP contribution in [0.25, 0.3) is 0 Å². The lowest BCUT2D eigenvalue weighted by molar-refractivity contribution is 0.0600. The second-order valence-electron chi connectivity index (χ2n) is 4.83. The van der Waals surface area contributed by atoms with E-state index in [0.29, 0.717) is 10.8 Å². The third-order valence-corrected chi connectivity index (χ3v) is 5.17. The maximum atomic E-state index is 12.3. The first-order chi connectivity index (χ1) is 11.8. The molecule has 2 rings (SSSR count). The highest BCUT2D eigenvalue weighted by atomic mass is 35.5. The SMILES string of the molecule is COC(=O)c1cc(S(=O)(=O)NCCOc2ccc(Cl)cc2)ccc1Cl. The number of hydrogen-bond acceptors (Lipinski definition) is 5. The zero-order valence-corrected chi connectivity index (χ0v) is 15.5. The minimum Gasteiger partial charge on any atom is -0.492 e. The average molecular weight is 404 g/mol. The van der Waals surface area contributed by atoms with Crippen molar-refractivity contribution in [2.24, 2.45) is 0 Å². The normalized spacial score (nSPS) is 11.2. The van der Waals surface area contributed by atoms with E-state index in [1.807, 2.05) is 0 Å². The van der Waals surface area contributed by atoms with Crippen LogP contribution in [-0.4, -0.2) is 34.6 Å². The van der Waals surface area contributed by atoms with Crippen molar-refractivity contribution >= 4 is 39.2 Å².